The lowest BCUT2D eigenvalue weighted by Crippen LogP contribution is -2.64. The molecule has 1 aliphatic heterocycles. The second-order valence-corrected chi connectivity index (χ2v) is 10.5. The van der Waals surface area contributed by atoms with Crippen LogP contribution in [0.25, 0.3) is 0 Å². The summed E-state index contributed by atoms with van der Waals surface area (Å²) in [4.78, 5) is 13.7. The molecule has 7 heteroatoms. The van der Waals surface area contributed by atoms with Gasteiger partial charge in [0.25, 0.3) is 0 Å². The molecular formula is C25H40BNO5. The zero-order valence-corrected chi connectivity index (χ0v) is 20.8. The van der Waals surface area contributed by atoms with Crippen molar-refractivity contribution in [1.29, 1.82) is 0 Å². The van der Waals surface area contributed by atoms with Crippen molar-refractivity contribution in [3.63, 3.8) is 0 Å². The SMILES string of the molecule is CCC1(CC)OB(c2ccc(C3(N(C(=O)O)C(C)(C)C)CC(O)C3)cc2)OC1(CC)CC. The Balaban J connectivity index is 1.94. The van der Waals surface area contributed by atoms with Crippen molar-refractivity contribution in [1.82, 2.24) is 4.90 Å². The number of amides is 1. The summed E-state index contributed by atoms with van der Waals surface area (Å²) < 4.78 is 13.2. The summed E-state index contributed by atoms with van der Waals surface area (Å²) in [6.07, 6.45) is 2.89. The summed E-state index contributed by atoms with van der Waals surface area (Å²) in [6.45, 7) is 14.3. The van der Waals surface area contributed by atoms with Crippen molar-refractivity contribution in [3.05, 3.63) is 29.8 Å². The topological polar surface area (TPSA) is 79.2 Å². The average molecular weight is 445 g/mol. The quantitative estimate of drug-likeness (QED) is 0.596. The number of nitrogens with zero attached hydrogens (tertiary/aromatic N) is 1. The molecule has 0 bridgehead atoms. The summed E-state index contributed by atoms with van der Waals surface area (Å²) in [7, 11) is -0.440. The molecule has 1 saturated carbocycles. The third-order valence-electron chi connectivity index (χ3n) is 7.94. The van der Waals surface area contributed by atoms with E-state index in [4.69, 9.17) is 9.31 Å². The van der Waals surface area contributed by atoms with E-state index in [1.807, 2.05) is 45.0 Å². The van der Waals surface area contributed by atoms with Gasteiger partial charge < -0.3 is 19.5 Å². The maximum atomic E-state index is 12.2. The molecule has 0 radical (unpaired) electrons. The summed E-state index contributed by atoms with van der Waals surface area (Å²) in [6, 6.07) is 7.94. The Kier molecular flexibility index (Phi) is 6.78. The fourth-order valence-corrected chi connectivity index (χ4v) is 6.24. The van der Waals surface area contributed by atoms with E-state index in [9.17, 15) is 15.0 Å². The van der Waals surface area contributed by atoms with Crippen molar-refractivity contribution in [2.75, 3.05) is 0 Å². The predicted octanol–water partition coefficient (Wildman–Crippen LogP) is 4.67. The van der Waals surface area contributed by atoms with Crippen LogP contribution in [-0.2, 0) is 14.8 Å². The number of aliphatic hydroxyl groups excluding tert-OH is 1. The Bertz CT molecular complexity index is 785. The first-order valence-electron chi connectivity index (χ1n) is 12.1. The van der Waals surface area contributed by atoms with Gasteiger partial charge in [0.05, 0.1) is 22.8 Å². The number of hydrogen-bond donors (Lipinski definition) is 2. The molecule has 6 nitrogen and oxygen atoms in total. The lowest BCUT2D eigenvalue weighted by atomic mass is 9.66. The summed E-state index contributed by atoms with van der Waals surface area (Å²) in [5.41, 5.74) is -0.108. The first-order chi connectivity index (χ1) is 14.9. The van der Waals surface area contributed by atoms with Crippen LogP contribution < -0.4 is 5.46 Å². The molecule has 1 saturated heterocycles. The largest absolute Gasteiger partial charge is 0.494 e. The Hall–Kier alpha value is -1.57. The van der Waals surface area contributed by atoms with Gasteiger partial charge in [0.15, 0.2) is 0 Å². The molecule has 3 rings (SSSR count). The first kappa shape index (κ1) is 25.1. The summed E-state index contributed by atoms with van der Waals surface area (Å²) in [5, 5.41) is 20.1. The van der Waals surface area contributed by atoms with Crippen LogP contribution >= 0.6 is 0 Å². The molecule has 0 atom stereocenters. The minimum Gasteiger partial charge on any atom is -0.465 e. The van der Waals surface area contributed by atoms with E-state index < -0.39 is 30.4 Å². The Morgan fingerprint density at radius 3 is 1.75 bits per heavy atom. The van der Waals surface area contributed by atoms with Crippen molar-refractivity contribution in [2.24, 2.45) is 0 Å². The minimum atomic E-state index is -0.970. The molecule has 2 N–H and O–H groups in total. The van der Waals surface area contributed by atoms with E-state index in [0.717, 1.165) is 36.7 Å². The van der Waals surface area contributed by atoms with Crippen LogP contribution in [0, 0.1) is 0 Å². The van der Waals surface area contributed by atoms with E-state index >= 15 is 0 Å². The minimum absolute atomic E-state index is 0.314. The third kappa shape index (κ3) is 3.76. The molecule has 2 aliphatic rings. The zero-order chi connectivity index (χ0) is 23.9. The first-order valence-corrected chi connectivity index (χ1v) is 12.1. The second-order valence-electron chi connectivity index (χ2n) is 10.5. The molecule has 1 amide bonds. The molecule has 0 spiro atoms. The van der Waals surface area contributed by atoms with Crippen molar-refractivity contribution < 1.29 is 24.3 Å². The highest BCUT2D eigenvalue weighted by atomic mass is 16.7. The zero-order valence-electron chi connectivity index (χ0n) is 20.8. The number of carboxylic acid groups (broad SMARTS) is 1. The van der Waals surface area contributed by atoms with Gasteiger partial charge in [-0.1, -0.05) is 52.0 Å². The molecule has 0 aromatic heterocycles. The second kappa shape index (κ2) is 8.66. The standard InChI is InChI=1S/C25H40BNO5/c1-8-24(9-2)25(10-3,11-4)32-26(31-24)19-14-12-18(13-15-19)23(16-20(28)17-23)27(21(29)30)22(5,6)7/h12-15,20,28H,8-11,16-17H2,1-7H3,(H,29,30). The number of rotatable bonds is 7. The third-order valence-corrected chi connectivity index (χ3v) is 7.94. The van der Waals surface area contributed by atoms with Crippen LogP contribution in [0.1, 0.15) is 92.6 Å². The number of hydrogen-bond acceptors (Lipinski definition) is 4. The smallest absolute Gasteiger partial charge is 0.465 e. The van der Waals surface area contributed by atoms with Crippen molar-refractivity contribution in [2.45, 2.75) is 115 Å². The van der Waals surface area contributed by atoms with E-state index in [2.05, 4.69) is 27.7 Å². The van der Waals surface area contributed by atoms with Gasteiger partial charge in [-0.3, -0.25) is 4.90 Å². The van der Waals surface area contributed by atoms with Gasteiger partial charge in [-0.05, 0) is 57.5 Å². The monoisotopic (exact) mass is 445 g/mol. The molecule has 1 aromatic rings. The fourth-order valence-electron chi connectivity index (χ4n) is 6.24. The van der Waals surface area contributed by atoms with Crippen LogP contribution in [0.15, 0.2) is 24.3 Å². The lowest BCUT2D eigenvalue weighted by molar-refractivity contribution is -0.0973. The van der Waals surface area contributed by atoms with Crippen LogP contribution in [0.5, 0.6) is 0 Å². The van der Waals surface area contributed by atoms with E-state index in [-0.39, 0.29) is 11.2 Å². The van der Waals surface area contributed by atoms with Crippen LogP contribution in [0.2, 0.25) is 0 Å². The van der Waals surface area contributed by atoms with E-state index in [1.165, 1.54) is 4.90 Å². The van der Waals surface area contributed by atoms with Gasteiger partial charge in [-0.25, -0.2) is 4.79 Å². The molecule has 32 heavy (non-hydrogen) atoms. The maximum Gasteiger partial charge on any atom is 0.494 e. The van der Waals surface area contributed by atoms with Gasteiger partial charge in [0.2, 0.25) is 0 Å². The highest BCUT2D eigenvalue weighted by molar-refractivity contribution is 6.62. The Labute approximate surface area is 193 Å². The van der Waals surface area contributed by atoms with Gasteiger partial charge in [0, 0.05) is 18.4 Å². The normalized spacial score (nSPS) is 26.6. The van der Waals surface area contributed by atoms with E-state index in [1.54, 1.807) is 0 Å². The Morgan fingerprint density at radius 2 is 1.44 bits per heavy atom. The molecular weight excluding hydrogens is 405 g/mol. The van der Waals surface area contributed by atoms with Crippen LogP contribution in [0.4, 0.5) is 4.79 Å². The lowest BCUT2D eigenvalue weighted by Gasteiger charge is -2.56. The molecule has 1 aromatic carbocycles. The maximum absolute atomic E-state index is 12.2. The molecule has 0 unspecified atom stereocenters. The fraction of sp³-hybridized carbons (Fsp3) is 0.720. The highest BCUT2D eigenvalue weighted by Gasteiger charge is 2.59. The van der Waals surface area contributed by atoms with Gasteiger partial charge in [0.1, 0.15) is 0 Å². The van der Waals surface area contributed by atoms with Gasteiger partial charge >= 0.3 is 13.2 Å². The van der Waals surface area contributed by atoms with Gasteiger partial charge in [-0.2, -0.15) is 0 Å². The molecule has 2 fully saturated rings. The Morgan fingerprint density at radius 1 is 1.00 bits per heavy atom. The summed E-state index contributed by atoms with van der Waals surface area (Å²) >= 11 is 0. The highest BCUT2D eigenvalue weighted by Crippen LogP contribution is 2.50. The number of aliphatic hydroxyl groups is 1. The molecule has 1 heterocycles. The van der Waals surface area contributed by atoms with Crippen LogP contribution in [-0.4, -0.2) is 51.2 Å². The molecule has 178 valence electrons. The number of benzene rings is 1. The van der Waals surface area contributed by atoms with Crippen LogP contribution in [0.3, 0.4) is 0 Å². The number of carbonyl (C=O) groups is 1. The summed E-state index contributed by atoms with van der Waals surface area (Å²) in [5.74, 6) is 0. The van der Waals surface area contributed by atoms with Gasteiger partial charge in [-0.15, -0.1) is 0 Å². The predicted molar refractivity (Wildman–Crippen MR) is 127 cm³/mol. The molecule has 1 aliphatic carbocycles. The average Bonchev–Trinajstić information content (AvgIpc) is 3.06. The van der Waals surface area contributed by atoms with E-state index in [0.29, 0.717) is 12.8 Å². The van der Waals surface area contributed by atoms with Crippen molar-refractivity contribution in [3.8, 4) is 0 Å². The van der Waals surface area contributed by atoms with Crippen molar-refractivity contribution >= 4 is 18.7 Å².